The highest BCUT2D eigenvalue weighted by Crippen LogP contribution is 2.23. The minimum absolute atomic E-state index is 0.314. The van der Waals surface area contributed by atoms with E-state index >= 15 is 0 Å². The highest BCUT2D eigenvalue weighted by Gasteiger charge is 2.40. The smallest absolute Gasteiger partial charge is 0.334 e. The molecule has 0 fully saturated rings. The van der Waals surface area contributed by atoms with E-state index in [-0.39, 0.29) is 0 Å². The summed E-state index contributed by atoms with van der Waals surface area (Å²) >= 11 is 0. The van der Waals surface area contributed by atoms with Crippen molar-refractivity contribution >= 4 is 11.9 Å². The average Bonchev–Trinajstić information content (AvgIpc) is 2.92. The second-order valence-electron chi connectivity index (χ2n) is 4.45. The number of carbonyl (C=O) groups excluding carboxylic acids is 1. The minimum Gasteiger partial charge on any atom is -0.497 e. The van der Waals surface area contributed by atoms with Crippen molar-refractivity contribution in [2.45, 2.75) is 25.2 Å². The number of nitrogens with zero attached hydrogens (tertiary/aromatic N) is 1. The van der Waals surface area contributed by atoms with Crippen LogP contribution in [-0.2, 0) is 14.3 Å². The first-order valence-electron chi connectivity index (χ1n) is 6.21. The Labute approximate surface area is 117 Å². The molecule has 0 saturated carbocycles. The molecule has 0 unspecified atom stereocenters. The third kappa shape index (κ3) is 2.75. The fourth-order valence-corrected chi connectivity index (χ4v) is 1.97. The molecule has 0 radical (unpaired) electrons. The molecule has 0 spiro atoms. The van der Waals surface area contributed by atoms with Crippen LogP contribution in [0.5, 0.6) is 5.75 Å². The summed E-state index contributed by atoms with van der Waals surface area (Å²) in [6, 6.07) is 6.23. The van der Waals surface area contributed by atoms with Crippen LogP contribution in [0, 0.1) is 0 Å². The average molecular weight is 279 g/mol. The van der Waals surface area contributed by atoms with E-state index in [2.05, 4.69) is 9.73 Å². The summed E-state index contributed by atoms with van der Waals surface area (Å²) in [7, 11) is 2.86. The van der Waals surface area contributed by atoms with Gasteiger partial charge in [-0.25, -0.2) is 9.79 Å². The molecule has 0 aromatic heterocycles. The summed E-state index contributed by atoms with van der Waals surface area (Å²) in [4.78, 5) is 15.9. The summed E-state index contributed by atoms with van der Waals surface area (Å²) in [5.74, 6) is 0.498. The van der Waals surface area contributed by atoms with E-state index in [0.717, 1.165) is 0 Å². The Morgan fingerprint density at radius 3 is 2.50 bits per heavy atom. The van der Waals surface area contributed by atoms with Gasteiger partial charge in [0, 0.05) is 5.56 Å². The predicted octanol–water partition coefficient (Wildman–Crippen LogP) is 0.763. The number of aliphatic hydroxyl groups excluding tert-OH is 1. The molecule has 3 atom stereocenters. The third-order valence-corrected chi connectivity index (χ3v) is 3.07. The van der Waals surface area contributed by atoms with Gasteiger partial charge < -0.3 is 19.3 Å². The monoisotopic (exact) mass is 279 g/mol. The summed E-state index contributed by atoms with van der Waals surface area (Å²) < 4.78 is 15.3. The zero-order valence-electron chi connectivity index (χ0n) is 11.6. The van der Waals surface area contributed by atoms with Crippen molar-refractivity contribution in [3.8, 4) is 5.75 Å². The van der Waals surface area contributed by atoms with Gasteiger partial charge in [-0.1, -0.05) is 0 Å². The van der Waals surface area contributed by atoms with Crippen molar-refractivity contribution in [1.29, 1.82) is 0 Å². The number of hydrogen-bond acceptors (Lipinski definition) is 6. The molecule has 0 bridgehead atoms. The molecule has 20 heavy (non-hydrogen) atoms. The topological polar surface area (TPSA) is 77.4 Å². The van der Waals surface area contributed by atoms with Gasteiger partial charge in [0.2, 0.25) is 5.90 Å². The van der Waals surface area contributed by atoms with Crippen LogP contribution in [0.4, 0.5) is 0 Å². The molecule has 1 heterocycles. The zero-order chi connectivity index (χ0) is 14.7. The lowest BCUT2D eigenvalue weighted by Crippen LogP contribution is -2.38. The van der Waals surface area contributed by atoms with Crippen LogP contribution in [0.1, 0.15) is 12.5 Å². The summed E-state index contributed by atoms with van der Waals surface area (Å²) in [5.41, 5.74) is 0.711. The largest absolute Gasteiger partial charge is 0.497 e. The highest BCUT2D eigenvalue weighted by atomic mass is 16.5. The van der Waals surface area contributed by atoms with Gasteiger partial charge in [-0.15, -0.1) is 0 Å². The zero-order valence-corrected chi connectivity index (χ0v) is 11.6. The van der Waals surface area contributed by atoms with Crippen LogP contribution in [0.3, 0.4) is 0 Å². The van der Waals surface area contributed by atoms with Crippen molar-refractivity contribution in [2.75, 3.05) is 14.2 Å². The van der Waals surface area contributed by atoms with Crippen LogP contribution >= 0.6 is 0 Å². The van der Waals surface area contributed by atoms with Gasteiger partial charge in [-0.2, -0.15) is 0 Å². The molecule has 6 nitrogen and oxygen atoms in total. The maximum atomic E-state index is 11.7. The van der Waals surface area contributed by atoms with Crippen molar-refractivity contribution in [3.63, 3.8) is 0 Å². The molecule has 0 saturated heterocycles. The second kappa shape index (κ2) is 5.92. The fourth-order valence-electron chi connectivity index (χ4n) is 1.97. The SMILES string of the molecule is COC(=O)[C@H]1N=C(c2ccc(OC)cc2)O[C@@H]1[C@H](C)O. The maximum absolute atomic E-state index is 11.7. The Morgan fingerprint density at radius 1 is 1.35 bits per heavy atom. The number of ether oxygens (including phenoxy) is 3. The molecule has 6 heteroatoms. The van der Waals surface area contributed by atoms with Gasteiger partial charge >= 0.3 is 5.97 Å². The highest BCUT2D eigenvalue weighted by molar-refractivity contribution is 5.98. The van der Waals surface area contributed by atoms with Crippen molar-refractivity contribution in [2.24, 2.45) is 4.99 Å². The first-order chi connectivity index (χ1) is 9.56. The van der Waals surface area contributed by atoms with E-state index in [4.69, 9.17) is 9.47 Å². The van der Waals surface area contributed by atoms with Crippen LogP contribution in [0.2, 0.25) is 0 Å². The Morgan fingerprint density at radius 2 is 2.00 bits per heavy atom. The molecule has 1 aliphatic heterocycles. The number of benzene rings is 1. The van der Waals surface area contributed by atoms with Crippen molar-refractivity contribution in [1.82, 2.24) is 0 Å². The number of aliphatic imine (C=N–C) groups is 1. The molecule has 0 amide bonds. The van der Waals surface area contributed by atoms with Gasteiger partial charge in [0.25, 0.3) is 0 Å². The Kier molecular flexibility index (Phi) is 4.24. The molecule has 0 aliphatic carbocycles. The molecular formula is C14H17NO5. The first kappa shape index (κ1) is 14.3. The number of hydrogen-bond donors (Lipinski definition) is 1. The molecule has 108 valence electrons. The lowest BCUT2D eigenvalue weighted by molar-refractivity contribution is -0.145. The van der Waals surface area contributed by atoms with Gasteiger partial charge in [0.15, 0.2) is 12.1 Å². The Balaban J connectivity index is 2.25. The predicted molar refractivity (Wildman–Crippen MR) is 71.9 cm³/mol. The Bertz CT molecular complexity index is 509. The summed E-state index contributed by atoms with van der Waals surface area (Å²) in [6.07, 6.45) is -1.57. The molecule has 1 aromatic carbocycles. The standard InChI is InChI=1S/C14H17NO5/c1-8(16)12-11(14(17)19-3)15-13(20-12)9-4-6-10(18-2)7-5-9/h4-8,11-12,16H,1-3H3/t8-,11-,12+/m0/s1. The summed E-state index contributed by atoms with van der Waals surface area (Å²) in [5, 5.41) is 9.69. The first-order valence-corrected chi connectivity index (χ1v) is 6.21. The van der Waals surface area contributed by atoms with E-state index in [1.54, 1.807) is 38.3 Å². The molecule has 1 aromatic rings. The van der Waals surface area contributed by atoms with Crippen LogP contribution < -0.4 is 4.74 Å². The van der Waals surface area contributed by atoms with E-state index in [0.29, 0.717) is 17.2 Å². The van der Waals surface area contributed by atoms with E-state index in [1.165, 1.54) is 7.11 Å². The van der Waals surface area contributed by atoms with Crippen molar-refractivity contribution in [3.05, 3.63) is 29.8 Å². The normalized spacial score (nSPS) is 22.7. The number of methoxy groups -OCH3 is 2. The molecular weight excluding hydrogens is 262 g/mol. The van der Waals surface area contributed by atoms with Gasteiger partial charge in [0.05, 0.1) is 20.3 Å². The number of aliphatic hydroxyl groups is 1. The number of carbonyl (C=O) groups is 1. The molecule has 2 rings (SSSR count). The van der Waals surface area contributed by atoms with Crippen LogP contribution in [0.25, 0.3) is 0 Å². The number of esters is 1. The molecule has 1 N–H and O–H groups in total. The number of rotatable bonds is 4. The lowest BCUT2D eigenvalue weighted by Gasteiger charge is -2.18. The van der Waals surface area contributed by atoms with Gasteiger partial charge in [-0.3, -0.25) is 0 Å². The van der Waals surface area contributed by atoms with Crippen LogP contribution in [0.15, 0.2) is 29.3 Å². The minimum atomic E-state index is -0.850. The van der Waals surface area contributed by atoms with E-state index in [9.17, 15) is 9.90 Å². The second-order valence-corrected chi connectivity index (χ2v) is 4.45. The van der Waals surface area contributed by atoms with Crippen LogP contribution in [-0.4, -0.2) is 49.4 Å². The maximum Gasteiger partial charge on any atom is 0.334 e. The van der Waals surface area contributed by atoms with Crippen molar-refractivity contribution < 1.29 is 24.1 Å². The quantitative estimate of drug-likeness (QED) is 0.823. The van der Waals surface area contributed by atoms with Gasteiger partial charge in [0.1, 0.15) is 5.75 Å². The fraction of sp³-hybridized carbons (Fsp3) is 0.429. The lowest BCUT2D eigenvalue weighted by atomic mass is 10.1. The molecule has 1 aliphatic rings. The third-order valence-electron chi connectivity index (χ3n) is 3.07. The van der Waals surface area contributed by atoms with E-state index < -0.39 is 24.2 Å². The summed E-state index contributed by atoms with van der Waals surface area (Å²) in [6.45, 7) is 1.55. The van der Waals surface area contributed by atoms with Gasteiger partial charge in [-0.05, 0) is 31.2 Å². The van der Waals surface area contributed by atoms with E-state index in [1.807, 2.05) is 0 Å². The Hall–Kier alpha value is -2.08.